The summed E-state index contributed by atoms with van der Waals surface area (Å²) in [6, 6.07) is 9.35. The Labute approximate surface area is 101 Å². The number of nitrogens with zero attached hydrogens (tertiary/aromatic N) is 2. The molecule has 0 aliphatic heterocycles. The van der Waals surface area contributed by atoms with E-state index in [1.807, 2.05) is 41.1 Å². The minimum absolute atomic E-state index is 0.116. The van der Waals surface area contributed by atoms with Crippen molar-refractivity contribution < 1.29 is 4.79 Å². The van der Waals surface area contributed by atoms with Crippen molar-refractivity contribution in [2.45, 2.75) is 26.3 Å². The second-order valence-corrected chi connectivity index (χ2v) is 4.36. The minimum Gasteiger partial charge on any atom is -0.327 e. The molecule has 0 unspecified atom stereocenters. The van der Waals surface area contributed by atoms with Gasteiger partial charge in [-0.3, -0.25) is 4.79 Å². The van der Waals surface area contributed by atoms with Crippen molar-refractivity contribution in [3.63, 3.8) is 0 Å². The van der Waals surface area contributed by atoms with E-state index in [1.165, 1.54) is 0 Å². The highest BCUT2D eigenvalue weighted by atomic mass is 16.1. The Morgan fingerprint density at radius 3 is 2.65 bits per heavy atom. The van der Waals surface area contributed by atoms with E-state index in [1.54, 1.807) is 6.20 Å². The monoisotopic (exact) mass is 228 g/mol. The van der Waals surface area contributed by atoms with E-state index >= 15 is 0 Å². The van der Waals surface area contributed by atoms with E-state index < -0.39 is 0 Å². The van der Waals surface area contributed by atoms with Gasteiger partial charge in [0.15, 0.2) is 5.78 Å². The molecule has 17 heavy (non-hydrogen) atoms. The van der Waals surface area contributed by atoms with Gasteiger partial charge < -0.3 is 4.57 Å². The van der Waals surface area contributed by atoms with Crippen LogP contribution in [0.15, 0.2) is 42.7 Å². The number of Topliss-reactive ketones (excluding diaryl/α,β-unsaturated/α-hetero) is 1. The van der Waals surface area contributed by atoms with Crippen LogP contribution >= 0.6 is 0 Å². The molecular weight excluding hydrogens is 212 g/mol. The standard InChI is InChI=1S/C14H16N2O/c1-11(2)14-15-8-9-16(14)10-13(17)12-6-4-3-5-7-12/h3-9,11H,10H2,1-2H3. The summed E-state index contributed by atoms with van der Waals surface area (Å²) >= 11 is 0. The third-order valence-electron chi connectivity index (χ3n) is 2.67. The minimum atomic E-state index is 0.116. The lowest BCUT2D eigenvalue weighted by atomic mass is 10.1. The molecule has 0 bridgehead atoms. The van der Waals surface area contributed by atoms with E-state index in [-0.39, 0.29) is 5.78 Å². The van der Waals surface area contributed by atoms with Crippen molar-refractivity contribution in [3.05, 3.63) is 54.1 Å². The number of aromatic nitrogens is 2. The van der Waals surface area contributed by atoms with Crippen LogP contribution in [0, 0.1) is 0 Å². The third-order valence-corrected chi connectivity index (χ3v) is 2.67. The zero-order valence-corrected chi connectivity index (χ0v) is 10.1. The number of carbonyl (C=O) groups is 1. The molecule has 0 radical (unpaired) electrons. The van der Waals surface area contributed by atoms with Crippen LogP contribution < -0.4 is 0 Å². The lowest BCUT2D eigenvalue weighted by Gasteiger charge is -2.09. The molecule has 0 saturated heterocycles. The lowest BCUT2D eigenvalue weighted by molar-refractivity contribution is 0.0971. The quantitative estimate of drug-likeness (QED) is 0.754. The first-order valence-electron chi connectivity index (χ1n) is 5.77. The van der Waals surface area contributed by atoms with Crippen LogP contribution in [0.25, 0.3) is 0 Å². The van der Waals surface area contributed by atoms with Gasteiger partial charge in [-0.1, -0.05) is 44.2 Å². The molecular formula is C14H16N2O. The van der Waals surface area contributed by atoms with Crippen molar-refractivity contribution >= 4 is 5.78 Å². The van der Waals surface area contributed by atoms with Gasteiger partial charge in [0, 0.05) is 23.9 Å². The third kappa shape index (κ3) is 2.61. The Morgan fingerprint density at radius 1 is 1.29 bits per heavy atom. The highest BCUT2D eigenvalue weighted by molar-refractivity contribution is 5.95. The van der Waals surface area contributed by atoms with Crippen LogP contribution in [0.1, 0.15) is 35.9 Å². The fourth-order valence-electron chi connectivity index (χ4n) is 1.83. The van der Waals surface area contributed by atoms with Gasteiger partial charge in [-0.15, -0.1) is 0 Å². The Hall–Kier alpha value is -1.90. The Balaban J connectivity index is 2.16. The van der Waals surface area contributed by atoms with Crippen molar-refractivity contribution in [2.75, 3.05) is 0 Å². The average Bonchev–Trinajstić information content (AvgIpc) is 2.78. The molecule has 1 aromatic heterocycles. The van der Waals surface area contributed by atoms with E-state index in [0.717, 1.165) is 11.4 Å². The highest BCUT2D eigenvalue weighted by Gasteiger charge is 2.11. The number of hydrogen-bond donors (Lipinski definition) is 0. The van der Waals surface area contributed by atoms with Crippen molar-refractivity contribution in [1.29, 1.82) is 0 Å². The van der Waals surface area contributed by atoms with Gasteiger partial charge in [0.1, 0.15) is 5.82 Å². The molecule has 2 aromatic rings. The number of rotatable bonds is 4. The second kappa shape index (κ2) is 4.95. The van der Waals surface area contributed by atoms with E-state index in [4.69, 9.17) is 0 Å². The summed E-state index contributed by atoms with van der Waals surface area (Å²) in [6.07, 6.45) is 3.60. The normalized spacial score (nSPS) is 10.8. The second-order valence-electron chi connectivity index (χ2n) is 4.36. The van der Waals surface area contributed by atoms with E-state index in [0.29, 0.717) is 12.5 Å². The fourth-order valence-corrected chi connectivity index (χ4v) is 1.83. The molecule has 0 N–H and O–H groups in total. The van der Waals surface area contributed by atoms with Gasteiger partial charge >= 0.3 is 0 Å². The van der Waals surface area contributed by atoms with Crippen molar-refractivity contribution in [1.82, 2.24) is 9.55 Å². The van der Waals surface area contributed by atoms with Crippen molar-refractivity contribution in [3.8, 4) is 0 Å². The van der Waals surface area contributed by atoms with Crippen LogP contribution in [0.3, 0.4) is 0 Å². The molecule has 0 aliphatic carbocycles. The summed E-state index contributed by atoms with van der Waals surface area (Å²) < 4.78 is 1.92. The number of benzene rings is 1. The average molecular weight is 228 g/mol. The fraction of sp³-hybridized carbons (Fsp3) is 0.286. The van der Waals surface area contributed by atoms with Crippen molar-refractivity contribution in [2.24, 2.45) is 0 Å². The number of imidazole rings is 1. The molecule has 1 aromatic carbocycles. The highest BCUT2D eigenvalue weighted by Crippen LogP contribution is 2.12. The SMILES string of the molecule is CC(C)c1nccn1CC(=O)c1ccccc1. The first kappa shape index (κ1) is 11.6. The maximum atomic E-state index is 12.0. The molecule has 1 heterocycles. The summed E-state index contributed by atoms with van der Waals surface area (Å²) in [7, 11) is 0. The maximum absolute atomic E-state index is 12.0. The first-order chi connectivity index (χ1) is 8.18. The number of carbonyl (C=O) groups excluding carboxylic acids is 1. The zero-order chi connectivity index (χ0) is 12.3. The Kier molecular flexibility index (Phi) is 3.38. The van der Waals surface area contributed by atoms with Crippen LogP contribution in [-0.2, 0) is 6.54 Å². The van der Waals surface area contributed by atoms with Gasteiger partial charge in [-0.05, 0) is 0 Å². The zero-order valence-electron chi connectivity index (χ0n) is 10.1. The molecule has 0 aliphatic rings. The number of ketones is 1. The smallest absolute Gasteiger partial charge is 0.182 e. The van der Waals surface area contributed by atoms with Gasteiger partial charge in [0.2, 0.25) is 0 Å². The topological polar surface area (TPSA) is 34.9 Å². The summed E-state index contributed by atoms with van der Waals surface area (Å²) in [5.41, 5.74) is 0.746. The summed E-state index contributed by atoms with van der Waals surface area (Å²) in [5, 5.41) is 0. The van der Waals surface area contributed by atoms with E-state index in [2.05, 4.69) is 18.8 Å². The summed E-state index contributed by atoms with van der Waals surface area (Å²) in [5.74, 6) is 1.40. The molecule has 3 nitrogen and oxygen atoms in total. The summed E-state index contributed by atoms with van der Waals surface area (Å²) in [4.78, 5) is 16.3. The maximum Gasteiger partial charge on any atom is 0.182 e. The number of hydrogen-bond acceptors (Lipinski definition) is 2. The molecule has 0 spiro atoms. The molecule has 3 heteroatoms. The van der Waals surface area contributed by atoms with Crippen LogP contribution in [-0.4, -0.2) is 15.3 Å². The van der Waals surface area contributed by atoms with E-state index in [9.17, 15) is 4.79 Å². The Morgan fingerprint density at radius 2 is 2.00 bits per heavy atom. The first-order valence-corrected chi connectivity index (χ1v) is 5.77. The molecule has 2 rings (SSSR count). The van der Waals surface area contributed by atoms with Gasteiger partial charge in [0.05, 0.1) is 6.54 Å². The van der Waals surface area contributed by atoms with Gasteiger partial charge in [-0.25, -0.2) is 4.98 Å². The van der Waals surface area contributed by atoms with Crippen LogP contribution in [0.5, 0.6) is 0 Å². The van der Waals surface area contributed by atoms with Gasteiger partial charge in [-0.2, -0.15) is 0 Å². The predicted octanol–water partition coefficient (Wildman–Crippen LogP) is 2.89. The molecule has 0 atom stereocenters. The predicted molar refractivity (Wildman–Crippen MR) is 67.1 cm³/mol. The summed E-state index contributed by atoms with van der Waals surface area (Å²) in [6.45, 7) is 4.51. The molecule has 88 valence electrons. The molecule has 0 saturated carbocycles. The largest absolute Gasteiger partial charge is 0.327 e. The Bertz CT molecular complexity index is 500. The molecule has 0 amide bonds. The van der Waals surface area contributed by atoms with Gasteiger partial charge in [0.25, 0.3) is 0 Å². The lowest BCUT2D eigenvalue weighted by Crippen LogP contribution is -2.13. The van der Waals surface area contributed by atoms with Crippen LogP contribution in [0.4, 0.5) is 0 Å². The van der Waals surface area contributed by atoms with Crippen LogP contribution in [0.2, 0.25) is 0 Å². The molecule has 0 fully saturated rings.